The lowest BCUT2D eigenvalue weighted by Gasteiger charge is -2.23. The van der Waals surface area contributed by atoms with Crippen LogP contribution in [0.1, 0.15) is 44.1 Å². The molecule has 0 atom stereocenters. The maximum absolute atomic E-state index is 13.2. The maximum Gasteiger partial charge on any atom is 0.227 e. The highest BCUT2D eigenvalue weighted by molar-refractivity contribution is 6.01. The van der Waals surface area contributed by atoms with Gasteiger partial charge >= 0.3 is 0 Å². The highest BCUT2D eigenvalue weighted by atomic mass is 16.7. The fourth-order valence-electron chi connectivity index (χ4n) is 4.34. The Hall–Kier alpha value is -3.59. The molecular weight excluding hydrogens is 418 g/mol. The molecule has 3 aromatic rings. The van der Waals surface area contributed by atoms with Gasteiger partial charge in [-0.05, 0) is 36.1 Å². The van der Waals surface area contributed by atoms with E-state index < -0.39 is 0 Å². The minimum absolute atomic E-state index is 0.0177. The average molecular weight is 450 g/mol. The Morgan fingerprint density at radius 2 is 2.00 bits per heavy atom. The van der Waals surface area contributed by atoms with E-state index in [0.29, 0.717) is 18.9 Å². The van der Waals surface area contributed by atoms with Crippen LogP contribution >= 0.6 is 0 Å². The molecule has 33 heavy (non-hydrogen) atoms. The van der Waals surface area contributed by atoms with E-state index in [-0.39, 0.29) is 18.3 Å². The summed E-state index contributed by atoms with van der Waals surface area (Å²) in [6.45, 7) is 0.558. The maximum atomic E-state index is 13.2. The first-order valence-corrected chi connectivity index (χ1v) is 11.4. The van der Waals surface area contributed by atoms with Crippen LogP contribution in [-0.4, -0.2) is 28.2 Å². The summed E-state index contributed by atoms with van der Waals surface area (Å²) in [5.41, 5.74) is 10.8. The van der Waals surface area contributed by atoms with Gasteiger partial charge in [0.25, 0.3) is 0 Å². The number of hydrogen-bond donors (Lipinski definition) is 3. The lowest BCUT2D eigenvalue weighted by molar-refractivity contribution is -0.118. The summed E-state index contributed by atoms with van der Waals surface area (Å²) in [6, 6.07) is 15.6. The molecule has 4 rings (SSSR count). The third-order valence-electron chi connectivity index (χ3n) is 6.10. The normalized spacial score (nSPS) is 14.5. The molecule has 174 valence electrons. The summed E-state index contributed by atoms with van der Waals surface area (Å²) in [4.78, 5) is 22.2. The molecule has 0 aliphatic heterocycles. The first-order chi connectivity index (χ1) is 16.1. The van der Waals surface area contributed by atoms with Crippen molar-refractivity contribution in [2.24, 2.45) is 22.6 Å². The summed E-state index contributed by atoms with van der Waals surface area (Å²) >= 11 is 0. The van der Waals surface area contributed by atoms with Crippen LogP contribution in [0.5, 0.6) is 0 Å². The van der Waals surface area contributed by atoms with Crippen LogP contribution in [0, 0.1) is 5.92 Å². The van der Waals surface area contributed by atoms with E-state index in [9.17, 15) is 4.79 Å². The minimum atomic E-state index is 0.0177. The van der Waals surface area contributed by atoms with E-state index in [0.717, 1.165) is 28.6 Å². The first-order valence-electron chi connectivity index (χ1n) is 11.4. The fourth-order valence-corrected chi connectivity index (χ4v) is 4.34. The van der Waals surface area contributed by atoms with Crippen LogP contribution in [0.2, 0.25) is 0 Å². The predicted molar refractivity (Wildman–Crippen MR) is 129 cm³/mol. The molecule has 0 radical (unpaired) electrons. The number of nitrogens with zero attached hydrogens (tertiary/aromatic N) is 4. The van der Waals surface area contributed by atoms with Gasteiger partial charge in [0.2, 0.25) is 5.91 Å². The Morgan fingerprint density at radius 1 is 1.21 bits per heavy atom. The average Bonchev–Trinajstić information content (AvgIpc) is 3.50. The number of carbonyl (C=O) groups is 1. The standard InChI is InChI=1S/C24H31N7O2/c25-23(28-29-26)16-30(24(32)13-10-18-6-4-5-7-18)21-11-12-22-20(14-21)15-27-31(22)33-17-19-8-2-1-3-9-19/h1-3,8-9,11-12,14-15,18,29H,4-7,10,13,16-17,26H2,(H2,25,28). The summed E-state index contributed by atoms with van der Waals surface area (Å²) in [6.07, 6.45) is 8.04. The number of aromatic nitrogens is 2. The molecule has 9 heteroatoms. The second-order valence-corrected chi connectivity index (χ2v) is 8.42. The number of nitrogens with two attached hydrogens (primary N) is 2. The minimum Gasteiger partial charge on any atom is -0.391 e. The smallest absolute Gasteiger partial charge is 0.227 e. The molecule has 1 heterocycles. The van der Waals surface area contributed by atoms with E-state index in [1.165, 1.54) is 30.5 Å². The number of nitrogens with one attached hydrogen (secondary N) is 1. The summed E-state index contributed by atoms with van der Waals surface area (Å²) < 4.78 is 0. The molecule has 1 aliphatic rings. The highest BCUT2D eigenvalue weighted by Gasteiger charge is 2.22. The van der Waals surface area contributed by atoms with E-state index in [2.05, 4.69) is 15.7 Å². The molecule has 1 fully saturated rings. The zero-order valence-corrected chi connectivity index (χ0v) is 18.7. The van der Waals surface area contributed by atoms with Gasteiger partial charge in [-0.25, -0.2) is 11.4 Å². The molecule has 1 aromatic heterocycles. The zero-order chi connectivity index (χ0) is 23.0. The van der Waals surface area contributed by atoms with Crippen molar-refractivity contribution in [2.45, 2.75) is 45.1 Å². The van der Waals surface area contributed by atoms with Crippen molar-refractivity contribution in [2.75, 3.05) is 11.4 Å². The van der Waals surface area contributed by atoms with Crippen molar-refractivity contribution >= 4 is 28.3 Å². The number of carbonyl (C=O) groups excluding carboxylic acids is 1. The molecule has 0 spiro atoms. The van der Waals surface area contributed by atoms with Crippen molar-refractivity contribution in [3.63, 3.8) is 0 Å². The Labute approximate surface area is 193 Å². The van der Waals surface area contributed by atoms with Gasteiger partial charge in [0.15, 0.2) is 0 Å². The second-order valence-electron chi connectivity index (χ2n) is 8.42. The molecule has 1 saturated carbocycles. The summed E-state index contributed by atoms with van der Waals surface area (Å²) in [7, 11) is 0. The molecule has 0 unspecified atom stereocenters. The summed E-state index contributed by atoms with van der Waals surface area (Å²) in [5.74, 6) is 6.15. The molecule has 1 amide bonds. The number of fused-ring (bicyclic) bond motifs is 1. The van der Waals surface area contributed by atoms with Crippen LogP contribution < -0.4 is 26.8 Å². The number of hydrazine groups is 1. The lowest BCUT2D eigenvalue weighted by Crippen LogP contribution is -2.40. The predicted octanol–water partition coefficient (Wildman–Crippen LogP) is 2.70. The van der Waals surface area contributed by atoms with Gasteiger partial charge in [-0.2, -0.15) is 5.10 Å². The van der Waals surface area contributed by atoms with Crippen molar-refractivity contribution in [1.29, 1.82) is 0 Å². The number of amidine groups is 1. The van der Waals surface area contributed by atoms with E-state index in [4.69, 9.17) is 16.4 Å². The van der Waals surface area contributed by atoms with E-state index >= 15 is 0 Å². The lowest BCUT2D eigenvalue weighted by atomic mass is 10.0. The number of hydrogen-bond acceptors (Lipinski definition) is 6. The van der Waals surface area contributed by atoms with E-state index in [1.54, 1.807) is 11.1 Å². The number of anilines is 1. The van der Waals surface area contributed by atoms with Crippen LogP contribution in [0.3, 0.4) is 0 Å². The van der Waals surface area contributed by atoms with Crippen molar-refractivity contribution in [3.05, 3.63) is 60.3 Å². The van der Waals surface area contributed by atoms with Crippen molar-refractivity contribution in [3.8, 4) is 0 Å². The SMILES string of the molecule is NN/N=C(\N)CN(C(=O)CCC1CCCC1)c1ccc2c(cnn2OCc2ccccc2)c1. The third kappa shape index (κ3) is 5.81. The van der Waals surface area contributed by atoms with Crippen LogP contribution in [0.15, 0.2) is 59.8 Å². The van der Waals surface area contributed by atoms with Crippen molar-refractivity contribution < 1.29 is 9.63 Å². The van der Waals surface area contributed by atoms with Gasteiger partial charge < -0.3 is 15.5 Å². The summed E-state index contributed by atoms with van der Waals surface area (Å²) in [5, 5.41) is 9.03. The molecular formula is C24H31N7O2. The fraction of sp³-hybridized carbons (Fsp3) is 0.375. The Kier molecular flexibility index (Phi) is 7.41. The Bertz CT molecular complexity index is 1090. The van der Waals surface area contributed by atoms with Crippen molar-refractivity contribution in [1.82, 2.24) is 15.5 Å². The first kappa shape index (κ1) is 22.6. The monoisotopic (exact) mass is 449 g/mol. The number of benzene rings is 2. The largest absolute Gasteiger partial charge is 0.391 e. The van der Waals surface area contributed by atoms with Crippen LogP contribution in [-0.2, 0) is 11.4 Å². The van der Waals surface area contributed by atoms with Crippen LogP contribution in [0.4, 0.5) is 5.69 Å². The molecule has 5 N–H and O–H groups in total. The number of amides is 1. The zero-order valence-electron chi connectivity index (χ0n) is 18.7. The number of hydrazone groups is 1. The molecule has 2 aromatic carbocycles. The van der Waals surface area contributed by atoms with Gasteiger partial charge in [0.05, 0.1) is 12.7 Å². The Morgan fingerprint density at radius 3 is 2.76 bits per heavy atom. The second kappa shape index (κ2) is 10.8. The highest BCUT2D eigenvalue weighted by Crippen LogP contribution is 2.29. The quantitative estimate of drug-likeness (QED) is 0.189. The van der Waals surface area contributed by atoms with Gasteiger partial charge in [-0.1, -0.05) is 60.9 Å². The Balaban J connectivity index is 1.51. The molecule has 9 nitrogen and oxygen atoms in total. The van der Waals surface area contributed by atoms with Gasteiger partial charge in [0, 0.05) is 17.5 Å². The van der Waals surface area contributed by atoms with Crippen LogP contribution in [0.25, 0.3) is 10.9 Å². The molecule has 0 saturated heterocycles. The van der Waals surface area contributed by atoms with Gasteiger partial charge in [-0.3, -0.25) is 4.79 Å². The molecule has 1 aliphatic carbocycles. The topological polar surface area (TPSA) is 124 Å². The van der Waals surface area contributed by atoms with Gasteiger partial charge in [-0.15, -0.1) is 5.10 Å². The van der Waals surface area contributed by atoms with Gasteiger partial charge in [0.1, 0.15) is 18.0 Å². The third-order valence-corrected chi connectivity index (χ3v) is 6.10. The number of rotatable bonds is 10. The molecule has 0 bridgehead atoms. The van der Waals surface area contributed by atoms with E-state index in [1.807, 2.05) is 48.5 Å².